The van der Waals surface area contributed by atoms with Crippen molar-refractivity contribution in [1.29, 1.82) is 0 Å². The van der Waals surface area contributed by atoms with Gasteiger partial charge in [-0.25, -0.2) is 4.98 Å². The maximum absolute atomic E-state index is 4.65. The summed E-state index contributed by atoms with van der Waals surface area (Å²) in [5.41, 5.74) is 4.59. The molecule has 0 aliphatic rings. The maximum atomic E-state index is 4.65. The molecule has 1 aromatic heterocycles. The number of aromatic nitrogens is 2. The number of hydrogen-bond acceptors (Lipinski definition) is 1. The van der Waals surface area contributed by atoms with Gasteiger partial charge >= 0.3 is 0 Å². The molecule has 0 saturated heterocycles. The van der Waals surface area contributed by atoms with E-state index in [9.17, 15) is 0 Å². The predicted molar refractivity (Wildman–Crippen MR) is 70.9 cm³/mol. The van der Waals surface area contributed by atoms with Crippen molar-refractivity contribution in [3.8, 4) is 11.1 Å². The Bertz CT molecular complexity index is 638. The van der Waals surface area contributed by atoms with Gasteiger partial charge in [-0.2, -0.15) is 0 Å². The number of rotatable bonds is 2. The van der Waals surface area contributed by atoms with E-state index in [2.05, 4.69) is 59.4 Å². The van der Waals surface area contributed by atoms with Crippen LogP contribution in [0.3, 0.4) is 0 Å². The normalized spacial score (nSPS) is 10.9. The summed E-state index contributed by atoms with van der Waals surface area (Å²) in [4.78, 5) is 8.00. The summed E-state index contributed by atoms with van der Waals surface area (Å²) >= 11 is 0. The average molecular weight is 222 g/mol. The van der Waals surface area contributed by atoms with Gasteiger partial charge in [-0.1, -0.05) is 49.4 Å². The monoisotopic (exact) mass is 222 g/mol. The molecule has 17 heavy (non-hydrogen) atoms. The first-order valence-corrected chi connectivity index (χ1v) is 5.91. The molecule has 0 amide bonds. The van der Waals surface area contributed by atoms with E-state index in [-0.39, 0.29) is 0 Å². The van der Waals surface area contributed by atoms with Crippen molar-refractivity contribution < 1.29 is 0 Å². The molecule has 2 heteroatoms. The van der Waals surface area contributed by atoms with Crippen LogP contribution in [0.1, 0.15) is 12.7 Å². The predicted octanol–water partition coefficient (Wildman–Crippen LogP) is 3.79. The smallest absolute Gasteiger partial charge is 0.106 e. The molecule has 0 bridgehead atoms. The highest BCUT2D eigenvalue weighted by molar-refractivity contribution is 5.91. The van der Waals surface area contributed by atoms with Crippen molar-refractivity contribution in [1.82, 2.24) is 9.97 Å². The molecule has 0 fully saturated rings. The summed E-state index contributed by atoms with van der Waals surface area (Å²) in [6.07, 6.45) is 0.933. The SMILES string of the molecule is CCc1nc2c(-c3ccccc3)cccc2[nH]1. The lowest BCUT2D eigenvalue weighted by molar-refractivity contribution is 1.00. The van der Waals surface area contributed by atoms with Gasteiger partial charge in [-0.15, -0.1) is 0 Å². The van der Waals surface area contributed by atoms with Crippen molar-refractivity contribution in [3.05, 3.63) is 54.4 Å². The van der Waals surface area contributed by atoms with Crippen LogP contribution in [-0.4, -0.2) is 9.97 Å². The van der Waals surface area contributed by atoms with Crippen LogP contribution >= 0.6 is 0 Å². The summed E-state index contributed by atoms with van der Waals surface area (Å²) in [6, 6.07) is 16.7. The molecule has 3 aromatic rings. The number of aryl methyl sites for hydroxylation is 1. The number of H-pyrrole nitrogens is 1. The summed E-state index contributed by atoms with van der Waals surface area (Å²) < 4.78 is 0. The molecule has 0 spiro atoms. The van der Waals surface area contributed by atoms with Gasteiger partial charge in [0.1, 0.15) is 5.82 Å². The van der Waals surface area contributed by atoms with Crippen molar-refractivity contribution in [2.45, 2.75) is 13.3 Å². The van der Waals surface area contributed by atoms with Gasteiger partial charge < -0.3 is 4.98 Å². The van der Waals surface area contributed by atoms with Crippen LogP contribution in [-0.2, 0) is 6.42 Å². The molecule has 0 atom stereocenters. The first-order chi connectivity index (χ1) is 8.38. The molecule has 1 N–H and O–H groups in total. The van der Waals surface area contributed by atoms with Crippen molar-refractivity contribution in [3.63, 3.8) is 0 Å². The second-order valence-corrected chi connectivity index (χ2v) is 4.10. The van der Waals surface area contributed by atoms with Crippen LogP contribution in [0.4, 0.5) is 0 Å². The Morgan fingerprint density at radius 3 is 2.59 bits per heavy atom. The number of benzene rings is 2. The van der Waals surface area contributed by atoms with E-state index >= 15 is 0 Å². The Hall–Kier alpha value is -2.09. The zero-order valence-electron chi connectivity index (χ0n) is 9.77. The molecule has 3 rings (SSSR count). The lowest BCUT2D eigenvalue weighted by Crippen LogP contribution is -1.81. The number of aromatic amines is 1. The van der Waals surface area contributed by atoms with E-state index in [1.54, 1.807) is 0 Å². The van der Waals surface area contributed by atoms with Gasteiger partial charge in [-0.05, 0) is 11.6 Å². The van der Waals surface area contributed by atoms with Crippen LogP contribution < -0.4 is 0 Å². The van der Waals surface area contributed by atoms with E-state index in [4.69, 9.17) is 0 Å². The highest BCUT2D eigenvalue weighted by atomic mass is 14.9. The topological polar surface area (TPSA) is 28.7 Å². The van der Waals surface area contributed by atoms with E-state index < -0.39 is 0 Å². The Labute approximate surface area is 100 Å². The molecule has 0 aliphatic heterocycles. The molecule has 0 saturated carbocycles. The van der Waals surface area contributed by atoms with Gasteiger partial charge in [0.2, 0.25) is 0 Å². The first-order valence-electron chi connectivity index (χ1n) is 5.91. The van der Waals surface area contributed by atoms with Crippen LogP contribution in [0.15, 0.2) is 48.5 Å². The fourth-order valence-corrected chi connectivity index (χ4v) is 2.10. The number of nitrogens with zero attached hydrogens (tertiary/aromatic N) is 1. The van der Waals surface area contributed by atoms with Crippen LogP contribution in [0.25, 0.3) is 22.2 Å². The summed E-state index contributed by atoms with van der Waals surface area (Å²) in [5, 5.41) is 0. The Balaban J connectivity index is 2.26. The Morgan fingerprint density at radius 1 is 1.00 bits per heavy atom. The molecular weight excluding hydrogens is 208 g/mol. The lowest BCUT2D eigenvalue weighted by Gasteiger charge is -2.01. The third-order valence-electron chi connectivity index (χ3n) is 2.98. The zero-order chi connectivity index (χ0) is 11.7. The largest absolute Gasteiger partial charge is 0.342 e. The van der Waals surface area contributed by atoms with Gasteiger partial charge in [-0.3, -0.25) is 0 Å². The summed E-state index contributed by atoms with van der Waals surface area (Å²) in [6.45, 7) is 2.11. The second-order valence-electron chi connectivity index (χ2n) is 4.10. The summed E-state index contributed by atoms with van der Waals surface area (Å²) in [7, 11) is 0. The summed E-state index contributed by atoms with van der Waals surface area (Å²) in [5.74, 6) is 1.04. The molecule has 0 unspecified atom stereocenters. The maximum Gasteiger partial charge on any atom is 0.106 e. The number of nitrogens with one attached hydrogen (secondary N) is 1. The minimum absolute atomic E-state index is 0.933. The first kappa shape index (κ1) is 10.1. The average Bonchev–Trinajstić information content (AvgIpc) is 2.82. The number of hydrogen-bond donors (Lipinski definition) is 1. The molecule has 2 aromatic carbocycles. The van der Waals surface area contributed by atoms with Gasteiger partial charge in [0, 0.05) is 12.0 Å². The van der Waals surface area contributed by atoms with Crippen molar-refractivity contribution >= 4 is 11.0 Å². The van der Waals surface area contributed by atoms with E-state index in [0.29, 0.717) is 0 Å². The molecule has 84 valence electrons. The van der Waals surface area contributed by atoms with E-state index in [1.165, 1.54) is 11.1 Å². The van der Waals surface area contributed by atoms with Crippen LogP contribution in [0.2, 0.25) is 0 Å². The van der Waals surface area contributed by atoms with Gasteiger partial charge in [0.15, 0.2) is 0 Å². The molecule has 1 heterocycles. The zero-order valence-corrected chi connectivity index (χ0v) is 9.77. The highest BCUT2D eigenvalue weighted by Gasteiger charge is 2.07. The number of fused-ring (bicyclic) bond motifs is 1. The third kappa shape index (κ3) is 1.72. The Kier molecular flexibility index (Phi) is 2.41. The quantitative estimate of drug-likeness (QED) is 0.702. The molecule has 2 nitrogen and oxygen atoms in total. The van der Waals surface area contributed by atoms with Gasteiger partial charge in [0.25, 0.3) is 0 Å². The number of imidazole rings is 1. The lowest BCUT2D eigenvalue weighted by atomic mass is 10.0. The second kappa shape index (κ2) is 4.06. The third-order valence-corrected chi connectivity index (χ3v) is 2.98. The van der Waals surface area contributed by atoms with Crippen molar-refractivity contribution in [2.24, 2.45) is 0 Å². The van der Waals surface area contributed by atoms with Gasteiger partial charge in [0.05, 0.1) is 11.0 Å². The van der Waals surface area contributed by atoms with Crippen molar-refractivity contribution in [2.75, 3.05) is 0 Å². The van der Waals surface area contributed by atoms with E-state index in [0.717, 1.165) is 23.3 Å². The number of para-hydroxylation sites is 1. The fourth-order valence-electron chi connectivity index (χ4n) is 2.10. The minimum Gasteiger partial charge on any atom is -0.342 e. The van der Waals surface area contributed by atoms with Crippen LogP contribution in [0.5, 0.6) is 0 Å². The molecule has 0 aliphatic carbocycles. The van der Waals surface area contributed by atoms with E-state index in [1.807, 2.05) is 6.07 Å². The highest BCUT2D eigenvalue weighted by Crippen LogP contribution is 2.26. The standard InChI is InChI=1S/C15H14N2/c1-2-14-16-13-10-6-9-12(15(13)17-14)11-7-4-3-5-8-11/h3-10H,2H2,1H3,(H,16,17). The van der Waals surface area contributed by atoms with Crippen LogP contribution in [0, 0.1) is 0 Å². The Morgan fingerprint density at radius 2 is 1.82 bits per heavy atom. The fraction of sp³-hybridized carbons (Fsp3) is 0.133. The molecule has 0 radical (unpaired) electrons. The molecular formula is C15H14N2. The minimum atomic E-state index is 0.933.